The zero-order valence-corrected chi connectivity index (χ0v) is 16.7. The minimum Gasteiger partial charge on any atom is -0.499 e. The molecule has 0 amide bonds. The first-order valence-electron chi connectivity index (χ1n) is 10.3. The van der Waals surface area contributed by atoms with Crippen LogP contribution in [0, 0.1) is 0 Å². The molecule has 2 fully saturated rings. The van der Waals surface area contributed by atoms with Crippen molar-refractivity contribution >= 4 is 11.0 Å². The molecule has 2 aromatic rings. The van der Waals surface area contributed by atoms with E-state index in [1.54, 1.807) is 0 Å². The molecule has 1 aliphatic carbocycles. The minimum atomic E-state index is -1.58. The van der Waals surface area contributed by atoms with Crippen molar-refractivity contribution in [2.75, 3.05) is 6.61 Å². The molecule has 170 valence electrons. The Hall–Kier alpha value is -2.37. The summed E-state index contributed by atoms with van der Waals surface area (Å²) in [6.07, 6.45) is -2.44. The number of aromatic hydroxyl groups is 1. The predicted molar refractivity (Wildman–Crippen MR) is 106 cm³/mol. The van der Waals surface area contributed by atoms with Crippen LogP contribution in [0.15, 0.2) is 27.4 Å². The summed E-state index contributed by atoms with van der Waals surface area (Å²) in [5.74, 6) is -0.410. The third-order valence-corrected chi connectivity index (χ3v) is 5.75. The number of hydrogen-bond donors (Lipinski definition) is 5. The largest absolute Gasteiger partial charge is 0.499 e. The Kier molecular flexibility index (Phi) is 6.35. The molecule has 0 bridgehead atoms. The summed E-state index contributed by atoms with van der Waals surface area (Å²) < 4.78 is 22.0. The highest BCUT2D eigenvalue weighted by atomic mass is 16.7. The number of fused-ring (bicyclic) bond motifs is 1. The van der Waals surface area contributed by atoms with Crippen molar-refractivity contribution in [2.45, 2.75) is 68.9 Å². The van der Waals surface area contributed by atoms with E-state index in [2.05, 4.69) is 0 Å². The summed E-state index contributed by atoms with van der Waals surface area (Å²) in [4.78, 5) is 12.1. The number of hydrogen-bond acceptors (Lipinski definition) is 10. The Morgan fingerprint density at radius 1 is 1.00 bits per heavy atom. The average Bonchev–Trinajstić information content (AvgIpc) is 2.78. The molecule has 1 saturated heterocycles. The van der Waals surface area contributed by atoms with Crippen LogP contribution in [0.3, 0.4) is 0 Å². The predicted octanol–water partition coefficient (Wildman–Crippen LogP) is 0.389. The molecule has 0 spiro atoms. The lowest BCUT2D eigenvalue weighted by Crippen LogP contribution is -2.60. The van der Waals surface area contributed by atoms with Gasteiger partial charge in [0, 0.05) is 6.07 Å². The van der Waals surface area contributed by atoms with Crippen molar-refractivity contribution in [1.82, 2.24) is 0 Å². The summed E-state index contributed by atoms with van der Waals surface area (Å²) >= 11 is 0. The molecule has 1 aromatic carbocycles. The van der Waals surface area contributed by atoms with Crippen LogP contribution in [0.5, 0.6) is 17.2 Å². The van der Waals surface area contributed by atoms with E-state index in [-0.39, 0.29) is 23.2 Å². The molecule has 31 heavy (non-hydrogen) atoms. The van der Waals surface area contributed by atoms with Gasteiger partial charge in [-0.15, -0.1) is 0 Å². The smallest absolute Gasteiger partial charge is 0.382 e. The lowest BCUT2D eigenvalue weighted by Gasteiger charge is -2.39. The maximum atomic E-state index is 12.1. The van der Waals surface area contributed by atoms with Crippen molar-refractivity contribution in [3.63, 3.8) is 0 Å². The molecule has 1 aliphatic heterocycles. The molecule has 0 radical (unpaired) electrons. The topological polar surface area (TPSA) is 159 Å². The van der Waals surface area contributed by atoms with E-state index in [0.717, 1.165) is 32.1 Å². The molecule has 2 heterocycles. The highest BCUT2D eigenvalue weighted by molar-refractivity contribution is 5.86. The molecule has 5 N–H and O–H groups in total. The van der Waals surface area contributed by atoms with E-state index >= 15 is 0 Å². The van der Waals surface area contributed by atoms with E-state index in [9.17, 15) is 30.3 Å². The number of rotatable bonds is 5. The molecule has 1 saturated carbocycles. The van der Waals surface area contributed by atoms with Crippen molar-refractivity contribution in [3.8, 4) is 17.2 Å². The lowest BCUT2D eigenvalue weighted by molar-refractivity contribution is -0.277. The minimum absolute atomic E-state index is 0.0533. The first kappa shape index (κ1) is 21.8. The second-order valence-electron chi connectivity index (χ2n) is 7.92. The fourth-order valence-corrected chi connectivity index (χ4v) is 3.98. The summed E-state index contributed by atoms with van der Waals surface area (Å²) in [5.41, 5.74) is -0.862. The van der Waals surface area contributed by atoms with Gasteiger partial charge in [0.05, 0.1) is 18.1 Å². The molecule has 2 aliphatic rings. The maximum Gasteiger partial charge on any atom is 0.382 e. The molecule has 4 rings (SSSR count). The fourth-order valence-electron chi connectivity index (χ4n) is 3.98. The van der Waals surface area contributed by atoms with E-state index in [1.165, 1.54) is 18.2 Å². The maximum absolute atomic E-state index is 12.1. The monoisotopic (exact) mass is 438 g/mol. The van der Waals surface area contributed by atoms with Crippen LogP contribution in [0.4, 0.5) is 0 Å². The normalized spacial score (nSPS) is 29.7. The highest BCUT2D eigenvalue weighted by Crippen LogP contribution is 2.36. The molecule has 5 atom stereocenters. The summed E-state index contributed by atoms with van der Waals surface area (Å²) in [6, 6.07) is 4.40. The number of aliphatic hydroxyl groups excluding tert-OH is 4. The van der Waals surface area contributed by atoms with Gasteiger partial charge in [0.1, 0.15) is 35.7 Å². The molecule has 10 heteroatoms. The molecular weight excluding hydrogens is 412 g/mol. The van der Waals surface area contributed by atoms with Crippen LogP contribution < -0.4 is 15.1 Å². The number of aliphatic hydroxyl groups is 4. The van der Waals surface area contributed by atoms with Gasteiger partial charge in [-0.3, -0.25) is 0 Å². The molecule has 1 aromatic heterocycles. The highest BCUT2D eigenvalue weighted by Gasteiger charge is 2.44. The van der Waals surface area contributed by atoms with Gasteiger partial charge in [-0.2, -0.15) is 0 Å². The molecule has 10 nitrogen and oxygen atoms in total. The van der Waals surface area contributed by atoms with Crippen molar-refractivity contribution in [3.05, 3.63) is 28.6 Å². The van der Waals surface area contributed by atoms with E-state index in [1.807, 2.05) is 0 Å². The van der Waals surface area contributed by atoms with Gasteiger partial charge in [-0.25, -0.2) is 4.79 Å². The van der Waals surface area contributed by atoms with E-state index in [4.69, 9.17) is 18.6 Å². The summed E-state index contributed by atoms with van der Waals surface area (Å²) in [7, 11) is 0. The fraction of sp³-hybridized carbons (Fsp3) is 0.571. The third-order valence-electron chi connectivity index (χ3n) is 5.75. The Morgan fingerprint density at radius 2 is 1.74 bits per heavy atom. The average molecular weight is 438 g/mol. The van der Waals surface area contributed by atoms with Crippen molar-refractivity contribution in [2.24, 2.45) is 0 Å². The summed E-state index contributed by atoms with van der Waals surface area (Å²) in [6.45, 7) is -0.585. The van der Waals surface area contributed by atoms with Crippen molar-refractivity contribution < 1.29 is 44.2 Å². The van der Waals surface area contributed by atoms with Crippen LogP contribution in [0.25, 0.3) is 11.0 Å². The van der Waals surface area contributed by atoms with Gasteiger partial charge < -0.3 is 44.2 Å². The van der Waals surface area contributed by atoms with Crippen LogP contribution >= 0.6 is 0 Å². The van der Waals surface area contributed by atoms with Gasteiger partial charge in [0.2, 0.25) is 12.0 Å². The van der Waals surface area contributed by atoms with Gasteiger partial charge >= 0.3 is 5.63 Å². The first-order chi connectivity index (χ1) is 14.9. The third kappa shape index (κ3) is 4.35. The SMILES string of the molecule is O=c1oc2cc(O[C@@H]3O[C@H](CO)[C@@H](O)[C@H](O)[C@H]3O)ccc2c(OC2CCCCC2)c1O. The molecule has 0 unspecified atom stereocenters. The van der Waals surface area contributed by atoms with Gasteiger partial charge in [-0.05, 0) is 37.8 Å². The van der Waals surface area contributed by atoms with Gasteiger partial charge in [0.25, 0.3) is 0 Å². The standard InChI is InChI=1S/C21H26O10/c22-9-14-15(23)16(24)17(25)21(31-14)29-11-6-7-12-13(8-11)30-20(27)18(26)19(12)28-10-4-2-1-3-5-10/h6-8,10,14-17,21-26H,1-5,9H2/t14-,15-,16+,17-,21-/m1/s1. The van der Waals surface area contributed by atoms with Crippen LogP contribution in [0.1, 0.15) is 32.1 Å². The Labute approximate surface area is 177 Å². The zero-order chi connectivity index (χ0) is 22.1. The molecular formula is C21H26O10. The summed E-state index contributed by atoms with van der Waals surface area (Å²) in [5, 5.41) is 49.8. The first-order valence-corrected chi connectivity index (χ1v) is 10.3. The second kappa shape index (κ2) is 9.01. The zero-order valence-electron chi connectivity index (χ0n) is 16.7. The van der Waals surface area contributed by atoms with Crippen LogP contribution in [0.2, 0.25) is 0 Å². The number of ether oxygens (including phenoxy) is 3. The number of benzene rings is 1. The quantitative estimate of drug-likeness (QED) is 0.413. The van der Waals surface area contributed by atoms with Crippen molar-refractivity contribution in [1.29, 1.82) is 0 Å². The van der Waals surface area contributed by atoms with E-state index < -0.39 is 48.7 Å². The van der Waals surface area contributed by atoms with E-state index in [0.29, 0.717) is 5.39 Å². The van der Waals surface area contributed by atoms with Gasteiger partial charge in [0.15, 0.2) is 5.75 Å². The van der Waals surface area contributed by atoms with Crippen LogP contribution in [-0.4, -0.2) is 68.9 Å². The Bertz CT molecular complexity index is 965. The lowest BCUT2D eigenvalue weighted by atomic mass is 9.98. The second-order valence-corrected chi connectivity index (χ2v) is 7.92. The van der Waals surface area contributed by atoms with Gasteiger partial charge in [-0.1, -0.05) is 6.42 Å². The Morgan fingerprint density at radius 3 is 2.45 bits per heavy atom. The van der Waals surface area contributed by atoms with Crippen LogP contribution in [-0.2, 0) is 4.74 Å². The Balaban J connectivity index is 1.61.